The molecule has 2 aromatic heterocycles. The molecule has 1 aliphatic carbocycles. The van der Waals surface area contributed by atoms with Gasteiger partial charge in [-0.05, 0) is 43.2 Å². The topological polar surface area (TPSA) is 53.6 Å². The van der Waals surface area contributed by atoms with E-state index < -0.39 is 0 Å². The summed E-state index contributed by atoms with van der Waals surface area (Å²) in [5, 5.41) is 3.26. The quantitative estimate of drug-likeness (QED) is 0.491. The minimum absolute atomic E-state index is 0.268. The molecule has 1 aliphatic heterocycles. The molecule has 2 aliphatic rings. The molecule has 3 heterocycles. The zero-order chi connectivity index (χ0) is 16.8. The highest BCUT2D eigenvalue weighted by molar-refractivity contribution is 5.94. The summed E-state index contributed by atoms with van der Waals surface area (Å²) < 4.78 is 13.8. The number of nitrogens with one attached hydrogen (secondary N) is 2. The van der Waals surface area contributed by atoms with E-state index in [2.05, 4.69) is 15.3 Å². The van der Waals surface area contributed by atoms with Gasteiger partial charge in [-0.3, -0.25) is 0 Å². The van der Waals surface area contributed by atoms with Gasteiger partial charge in [0.05, 0.1) is 17.1 Å². The lowest BCUT2D eigenvalue weighted by Gasteiger charge is -2.19. The molecule has 0 unspecified atom stereocenters. The van der Waals surface area contributed by atoms with Crippen LogP contribution in [-0.2, 0) is 0 Å². The number of hydrogen-bond donors (Lipinski definition) is 2. The van der Waals surface area contributed by atoms with Gasteiger partial charge in [-0.25, -0.2) is 14.4 Å². The van der Waals surface area contributed by atoms with Crippen LogP contribution in [0.3, 0.4) is 0 Å². The first-order valence-corrected chi connectivity index (χ1v) is 8.92. The SMILES string of the molecule is Fc1ccc2c(c1)Nc1ncccc1-c1[nH]c(C3CCCCC3)nc1-2. The summed E-state index contributed by atoms with van der Waals surface area (Å²) in [6, 6.07) is 8.75. The van der Waals surface area contributed by atoms with Crippen molar-refractivity contribution in [3.8, 4) is 22.5 Å². The number of H-pyrrole nitrogens is 1. The molecule has 1 fully saturated rings. The predicted molar refractivity (Wildman–Crippen MR) is 96.3 cm³/mol. The molecule has 3 aromatic rings. The fourth-order valence-electron chi connectivity index (χ4n) is 4.01. The Bertz CT molecular complexity index is 941. The number of hydrogen-bond acceptors (Lipinski definition) is 3. The number of benzene rings is 1. The summed E-state index contributed by atoms with van der Waals surface area (Å²) in [5.41, 5.74) is 4.45. The number of halogens is 1. The van der Waals surface area contributed by atoms with Crippen LogP contribution in [-0.4, -0.2) is 15.0 Å². The summed E-state index contributed by atoms with van der Waals surface area (Å²) in [5.74, 6) is 2.00. The van der Waals surface area contributed by atoms with Crippen LogP contribution < -0.4 is 5.32 Å². The molecule has 1 aromatic carbocycles. The van der Waals surface area contributed by atoms with Crippen LogP contribution >= 0.6 is 0 Å². The van der Waals surface area contributed by atoms with Crippen molar-refractivity contribution in [3.05, 3.63) is 48.2 Å². The zero-order valence-electron chi connectivity index (χ0n) is 13.8. The molecular weight excluding hydrogens is 315 g/mol. The fourth-order valence-corrected chi connectivity index (χ4v) is 4.01. The second-order valence-electron chi connectivity index (χ2n) is 6.90. The van der Waals surface area contributed by atoms with Crippen LogP contribution in [0.25, 0.3) is 22.5 Å². The van der Waals surface area contributed by atoms with Crippen LogP contribution in [0.1, 0.15) is 43.8 Å². The largest absolute Gasteiger partial charge is 0.341 e. The Morgan fingerprint density at radius 2 is 1.92 bits per heavy atom. The predicted octanol–water partition coefficient (Wildman–Crippen LogP) is 5.38. The van der Waals surface area contributed by atoms with E-state index in [-0.39, 0.29) is 5.82 Å². The lowest BCUT2D eigenvalue weighted by atomic mass is 9.89. The van der Waals surface area contributed by atoms with Crippen molar-refractivity contribution in [1.82, 2.24) is 15.0 Å². The molecule has 0 amide bonds. The monoisotopic (exact) mass is 334 g/mol. The van der Waals surface area contributed by atoms with Crippen LogP contribution in [0, 0.1) is 5.82 Å². The van der Waals surface area contributed by atoms with Gasteiger partial charge in [-0.2, -0.15) is 0 Å². The third-order valence-corrected chi connectivity index (χ3v) is 5.28. The molecule has 0 bridgehead atoms. The Hall–Kier alpha value is -2.69. The van der Waals surface area contributed by atoms with Gasteiger partial charge in [-0.15, -0.1) is 0 Å². The number of anilines is 2. The summed E-state index contributed by atoms with van der Waals surface area (Å²) >= 11 is 0. The lowest BCUT2D eigenvalue weighted by molar-refractivity contribution is 0.431. The van der Waals surface area contributed by atoms with Gasteiger partial charge in [0.1, 0.15) is 17.5 Å². The van der Waals surface area contributed by atoms with Crippen LogP contribution in [0.2, 0.25) is 0 Å². The van der Waals surface area contributed by atoms with Crippen molar-refractivity contribution in [1.29, 1.82) is 0 Å². The van der Waals surface area contributed by atoms with Gasteiger partial charge in [0.15, 0.2) is 0 Å². The Kier molecular flexibility index (Phi) is 3.33. The molecule has 1 saturated carbocycles. The minimum Gasteiger partial charge on any atom is -0.341 e. The maximum absolute atomic E-state index is 13.8. The highest BCUT2D eigenvalue weighted by Gasteiger charge is 2.26. The molecule has 25 heavy (non-hydrogen) atoms. The molecule has 0 spiro atoms. The average molecular weight is 334 g/mol. The molecule has 0 saturated heterocycles. The summed E-state index contributed by atoms with van der Waals surface area (Å²) in [6.45, 7) is 0. The first kappa shape index (κ1) is 14.6. The van der Waals surface area contributed by atoms with E-state index >= 15 is 0 Å². The standard InChI is InChI=1S/C20H19FN4/c21-13-8-9-14-16(11-13)23-20-15(7-4-10-22-20)18-17(14)24-19(25-18)12-5-2-1-3-6-12/h4,7-12H,1-3,5-6H2,(H,22,23)(H,24,25). The Balaban J connectivity index is 1.72. The van der Waals surface area contributed by atoms with Crippen molar-refractivity contribution in [2.45, 2.75) is 38.0 Å². The number of nitrogens with zero attached hydrogens (tertiary/aromatic N) is 2. The Morgan fingerprint density at radius 1 is 1.04 bits per heavy atom. The van der Waals surface area contributed by atoms with E-state index in [9.17, 15) is 4.39 Å². The van der Waals surface area contributed by atoms with Gasteiger partial charge in [-0.1, -0.05) is 19.3 Å². The van der Waals surface area contributed by atoms with Crippen LogP contribution in [0.4, 0.5) is 15.9 Å². The van der Waals surface area contributed by atoms with Gasteiger partial charge in [0.2, 0.25) is 0 Å². The molecule has 4 nitrogen and oxygen atoms in total. The Morgan fingerprint density at radius 3 is 2.80 bits per heavy atom. The molecule has 0 atom stereocenters. The normalized spacial score (nSPS) is 16.4. The third-order valence-electron chi connectivity index (χ3n) is 5.28. The number of aromatic nitrogens is 3. The number of rotatable bonds is 1. The zero-order valence-corrected chi connectivity index (χ0v) is 13.8. The van der Waals surface area contributed by atoms with E-state index in [0.717, 1.165) is 34.2 Å². The highest BCUT2D eigenvalue weighted by Crippen LogP contribution is 2.44. The van der Waals surface area contributed by atoms with Crippen molar-refractivity contribution in [2.75, 3.05) is 5.32 Å². The number of fused-ring (bicyclic) bond motifs is 5. The maximum Gasteiger partial charge on any atom is 0.139 e. The summed E-state index contributed by atoms with van der Waals surface area (Å²) in [6.07, 6.45) is 7.95. The van der Waals surface area contributed by atoms with Gasteiger partial charge >= 0.3 is 0 Å². The van der Waals surface area contributed by atoms with E-state index in [1.54, 1.807) is 12.3 Å². The fraction of sp³-hybridized carbons (Fsp3) is 0.300. The summed E-state index contributed by atoms with van der Waals surface area (Å²) in [4.78, 5) is 13.0. The first-order chi connectivity index (χ1) is 12.3. The van der Waals surface area contributed by atoms with Crippen molar-refractivity contribution in [3.63, 3.8) is 0 Å². The average Bonchev–Trinajstić information content (AvgIpc) is 3.03. The molecular formula is C20H19FN4. The summed E-state index contributed by atoms with van der Waals surface area (Å²) in [7, 11) is 0. The van der Waals surface area contributed by atoms with Crippen molar-refractivity contribution >= 4 is 11.5 Å². The van der Waals surface area contributed by atoms with E-state index in [1.807, 2.05) is 12.1 Å². The van der Waals surface area contributed by atoms with E-state index in [0.29, 0.717) is 11.6 Å². The second kappa shape index (κ2) is 5.69. The van der Waals surface area contributed by atoms with Gasteiger partial charge in [0, 0.05) is 23.2 Å². The Labute approximate surface area is 145 Å². The van der Waals surface area contributed by atoms with E-state index in [1.165, 1.54) is 44.2 Å². The minimum atomic E-state index is -0.268. The number of pyridine rings is 1. The number of aromatic amines is 1. The van der Waals surface area contributed by atoms with Crippen LogP contribution in [0.5, 0.6) is 0 Å². The highest BCUT2D eigenvalue weighted by atomic mass is 19.1. The molecule has 126 valence electrons. The maximum atomic E-state index is 13.8. The molecule has 0 radical (unpaired) electrons. The number of imidazole rings is 1. The smallest absolute Gasteiger partial charge is 0.139 e. The van der Waals surface area contributed by atoms with Gasteiger partial charge in [0.25, 0.3) is 0 Å². The van der Waals surface area contributed by atoms with Crippen molar-refractivity contribution in [2.24, 2.45) is 0 Å². The first-order valence-electron chi connectivity index (χ1n) is 8.92. The lowest BCUT2D eigenvalue weighted by Crippen LogP contribution is -2.06. The van der Waals surface area contributed by atoms with Crippen molar-refractivity contribution < 1.29 is 4.39 Å². The molecule has 2 N–H and O–H groups in total. The van der Waals surface area contributed by atoms with Crippen LogP contribution in [0.15, 0.2) is 36.5 Å². The third kappa shape index (κ3) is 2.42. The molecule has 5 heteroatoms. The molecule has 5 rings (SSSR count). The van der Waals surface area contributed by atoms with E-state index in [4.69, 9.17) is 4.98 Å². The van der Waals surface area contributed by atoms with Gasteiger partial charge < -0.3 is 10.3 Å². The second-order valence-corrected chi connectivity index (χ2v) is 6.90.